The molecule has 0 spiro atoms. The van der Waals surface area contributed by atoms with Crippen LogP contribution in [0, 0.1) is 0 Å². The van der Waals surface area contributed by atoms with E-state index in [9.17, 15) is 4.79 Å². The zero-order valence-electron chi connectivity index (χ0n) is 16.6. The first-order valence-corrected chi connectivity index (χ1v) is 9.49. The van der Waals surface area contributed by atoms with Crippen molar-refractivity contribution < 1.29 is 19.4 Å². The highest BCUT2D eigenvalue weighted by molar-refractivity contribution is 5.94. The fourth-order valence-electron chi connectivity index (χ4n) is 3.07. The van der Waals surface area contributed by atoms with Crippen molar-refractivity contribution in [2.75, 3.05) is 39.8 Å². The number of amides is 1. The molecule has 0 saturated carbocycles. The summed E-state index contributed by atoms with van der Waals surface area (Å²) in [6, 6.07) is 13.8. The average molecular weight is 397 g/mol. The van der Waals surface area contributed by atoms with Crippen molar-refractivity contribution in [3.05, 3.63) is 65.9 Å². The largest absolute Gasteiger partial charge is 0.483 e. The lowest BCUT2D eigenvalue weighted by Gasteiger charge is -2.21. The molecule has 0 unspecified atom stereocenters. The van der Waals surface area contributed by atoms with Crippen molar-refractivity contribution in [2.24, 2.45) is 0 Å². The van der Waals surface area contributed by atoms with Crippen LogP contribution in [-0.4, -0.2) is 72.1 Å². The van der Waals surface area contributed by atoms with Gasteiger partial charge < -0.3 is 14.7 Å². The Kier molecular flexibility index (Phi) is 9.38. The molecule has 1 aliphatic heterocycles. The minimum Gasteiger partial charge on any atom is -0.483 e. The molecule has 1 fully saturated rings. The van der Waals surface area contributed by atoms with Gasteiger partial charge in [-0.25, -0.2) is 4.98 Å². The average Bonchev–Trinajstić information content (AvgIpc) is 3.00. The summed E-state index contributed by atoms with van der Waals surface area (Å²) in [5, 5.41) is 6.89. The number of rotatable bonds is 5. The lowest BCUT2D eigenvalue weighted by Crippen LogP contribution is -2.35. The Hall–Kier alpha value is -3.19. The number of methoxy groups -OCH3 is 1. The first kappa shape index (κ1) is 22.1. The molecule has 1 N–H and O–H groups in total. The summed E-state index contributed by atoms with van der Waals surface area (Å²) < 4.78 is 5.05. The Bertz CT molecular complexity index is 778. The third-order valence-electron chi connectivity index (χ3n) is 4.54. The third kappa shape index (κ3) is 7.38. The van der Waals surface area contributed by atoms with Gasteiger partial charge in [-0.2, -0.15) is 0 Å². The smallest absolute Gasteiger partial charge is 0.290 e. The minimum atomic E-state index is -0.250. The van der Waals surface area contributed by atoms with Crippen molar-refractivity contribution in [1.29, 1.82) is 0 Å². The Balaban J connectivity index is 0.000000941. The van der Waals surface area contributed by atoms with E-state index in [0.29, 0.717) is 11.4 Å². The molecule has 2 aromatic rings. The van der Waals surface area contributed by atoms with Crippen LogP contribution in [0.4, 0.5) is 0 Å². The number of carboxylic acid groups (broad SMARTS) is 1. The molecule has 7 nitrogen and oxygen atoms in total. The lowest BCUT2D eigenvalue weighted by molar-refractivity contribution is -0.122. The minimum absolute atomic E-state index is 0.0434. The maximum Gasteiger partial charge on any atom is 0.290 e. The van der Waals surface area contributed by atoms with Crippen LogP contribution in [-0.2, 0) is 4.79 Å². The summed E-state index contributed by atoms with van der Waals surface area (Å²) in [4.78, 5) is 29.5. The summed E-state index contributed by atoms with van der Waals surface area (Å²) in [5.74, 6) is 0.565. The maximum absolute atomic E-state index is 12.7. The number of benzene rings is 1. The van der Waals surface area contributed by atoms with Crippen LogP contribution in [0.2, 0.25) is 0 Å². The second kappa shape index (κ2) is 12.3. The molecule has 1 saturated heterocycles. The summed E-state index contributed by atoms with van der Waals surface area (Å²) >= 11 is 0. The second-order valence-electron chi connectivity index (χ2n) is 6.45. The molecule has 1 aliphatic rings. The molecule has 3 rings (SSSR count). The molecule has 154 valence electrons. The molecule has 1 amide bonds. The molecule has 1 aromatic carbocycles. The summed E-state index contributed by atoms with van der Waals surface area (Å²) in [7, 11) is 1.57. The van der Waals surface area contributed by atoms with Gasteiger partial charge in [0, 0.05) is 45.0 Å². The van der Waals surface area contributed by atoms with E-state index in [1.165, 1.54) is 5.56 Å². The van der Waals surface area contributed by atoms with Gasteiger partial charge in [0.25, 0.3) is 12.4 Å². The number of ether oxygens (including phenoxy) is 1. The highest BCUT2D eigenvalue weighted by Crippen LogP contribution is 2.12. The van der Waals surface area contributed by atoms with Gasteiger partial charge in [0.2, 0.25) is 5.88 Å². The summed E-state index contributed by atoms with van der Waals surface area (Å²) in [5.41, 5.74) is 1.83. The van der Waals surface area contributed by atoms with Crippen LogP contribution >= 0.6 is 0 Å². The first-order valence-electron chi connectivity index (χ1n) is 9.49. The van der Waals surface area contributed by atoms with E-state index in [2.05, 4.69) is 34.2 Å². The van der Waals surface area contributed by atoms with E-state index in [-0.39, 0.29) is 12.4 Å². The highest BCUT2D eigenvalue weighted by atomic mass is 16.5. The quantitative estimate of drug-likeness (QED) is 0.781. The molecular formula is C22H27N3O4. The van der Waals surface area contributed by atoms with E-state index in [1.807, 2.05) is 23.1 Å². The van der Waals surface area contributed by atoms with E-state index in [1.54, 1.807) is 25.4 Å². The topological polar surface area (TPSA) is 83.0 Å². The Morgan fingerprint density at radius 1 is 1.14 bits per heavy atom. The lowest BCUT2D eigenvalue weighted by atomic mass is 10.2. The van der Waals surface area contributed by atoms with Crippen LogP contribution in [0.3, 0.4) is 0 Å². The van der Waals surface area contributed by atoms with Gasteiger partial charge in [0.05, 0.1) is 12.7 Å². The van der Waals surface area contributed by atoms with Gasteiger partial charge in [-0.15, -0.1) is 0 Å². The summed E-state index contributed by atoms with van der Waals surface area (Å²) in [6.45, 7) is 4.06. The number of carbonyl (C=O) groups excluding carboxylic acids is 1. The van der Waals surface area contributed by atoms with E-state index in [0.717, 1.165) is 39.1 Å². The van der Waals surface area contributed by atoms with Crippen molar-refractivity contribution in [3.63, 3.8) is 0 Å². The SMILES string of the molecule is COc1ccc(C(=O)N2CCCN(CC=Cc3ccccc3)CC2)cn1.O=CO. The first-order chi connectivity index (χ1) is 14.2. The van der Waals surface area contributed by atoms with Gasteiger partial charge in [-0.1, -0.05) is 42.5 Å². The zero-order valence-corrected chi connectivity index (χ0v) is 16.6. The number of nitrogens with zero attached hydrogens (tertiary/aromatic N) is 3. The number of carbonyl (C=O) groups is 2. The summed E-state index contributed by atoms with van der Waals surface area (Å²) in [6.07, 6.45) is 6.91. The fourth-order valence-corrected chi connectivity index (χ4v) is 3.07. The molecule has 0 bridgehead atoms. The van der Waals surface area contributed by atoms with Crippen molar-refractivity contribution >= 4 is 18.5 Å². The van der Waals surface area contributed by atoms with Crippen LogP contribution in [0.5, 0.6) is 5.88 Å². The molecule has 7 heteroatoms. The molecule has 29 heavy (non-hydrogen) atoms. The standard InChI is InChI=1S/C21H25N3O2.CH2O2/c1-26-20-11-10-19(17-22-20)21(25)24-14-6-13-23(15-16-24)12-5-9-18-7-3-2-4-8-18;2-1-3/h2-5,7-11,17H,6,12-16H2,1H3;1H,(H,2,3). The van der Waals surface area contributed by atoms with Gasteiger partial charge >= 0.3 is 0 Å². The Morgan fingerprint density at radius 3 is 2.55 bits per heavy atom. The van der Waals surface area contributed by atoms with Gasteiger partial charge in [0.1, 0.15) is 0 Å². The number of hydrogen-bond acceptors (Lipinski definition) is 5. The predicted octanol–water partition coefficient (Wildman–Crippen LogP) is 2.65. The van der Waals surface area contributed by atoms with Crippen LogP contribution in [0.15, 0.2) is 54.7 Å². The Labute approximate surface area is 171 Å². The fraction of sp³-hybridized carbons (Fsp3) is 0.318. The second-order valence-corrected chi connectivity index (χ2v) is 6.45. The third-order valence-corrected chi connectivity index (χ3v) is 4.54. The molecule has 0 atom stereocenters. The van der Waals surface area contributed by atoms with Crippen molar-refractivity contribution in [3.8, 4) is 5.88 Å². The van der Waals surface area contributed by atoms with E-state index >= 15 is 0 Å². The molecule has 2 heterocycles. The van der Waals surface area contributed by atoms with Gasteiger partial charge in [-0.05, 0) is 18.1 Å². The predicted molar refractivity (Wildman–Crippen MR) is 112 cm³/mol. The van der Waals surface area contributed by atoms with Crippen molar-refractivity contribution in [1.82, 2.24) is 14.8 Å². The highest BCUT2D eigenvalue weighted by Gasteiger charge is 2.20. The number of aromatic nitrogens is 1. The maximum atomic E-state index is 12.7. The molecular weight excluding hydrogens is 370 g/mol. The van der Waals surface area contributed by atoms with Gasteiger partial charge in [-0.3, -0.25) is 14.5 Å². The molecule has 0 aliphatic carbocycles. The number of hydrogen-bond donors (Lipinski definition) is 1. The van der Waals surface area contributed by atoms with Crippen molar-refractivity contribution in [2.45, 2.75) is 6.42 Å². The normalized spacial score (nSPS) is 14.6. The van der Waals surface area contributed by atoms with E-state index < -0.39 is 0 Å². The Morgan fingerprint density at radius 2 is 1.90 bits per heavy atom. The van der Waals surface area contributed by atoms with E-state index in [4.69, 9.17) is 14.6 Å². The monoisotopic (exact) mass is 397 g/mol. The zero-order chi connectivity index (χ0) is 20.9. The van der Waals surface area contributed by atoms with Gasteiger partial charge in [0.15, 0.2) is 0 Å². The molecule has 0 radical (unpaired) electrons. The van der Waals surface area contributed by atoms with Crippen LogP contribution in [0.25, 0.3) is 6.08 Å². The molecule has 1 aromatic heterocycles. The number of pyridine rings is 1. The van der Waals surface area contributed by atoms with Crippen LogP contribution < -0.4 is 4.74 Å². The van der Waals surface area contributed by atoms with Crippen LogP contribution in [0.1, 0.15) is 22.3 Å².